The summed E-state index contributed by atoms with van der Waals surface area (Å²) in [6.45, 7) is 5.06. The summed E-state index contributed by atoms with van der Waals surface area (Å²) in [5.74, 6) is 0.142. The fourth-order valence-electron chi connectivity index (χ4n) is 1.73. The Morgan fingerprint density at radius 3 is 2.61 bits per heavy atom. The van der Waals surface area contributed by atoms with Gasteiger partial charge in [0.25, 0.3) is 0 Å². The molecule has 0 bridgehead atoms. The summed E-state index contributed by atoms with van der Waals surface area (Å²) in [6.07, 6.45) is 4.84. The number of anilines is 2. The third-order valence-corrected chi connectivity index (χ3v) is 5.17. The molecule has 0 spiro atoms. The van der Waals surface area contributed by atoms with Gasteiger partial charge in [-0.3, -0.25) is 4.79 Å². The van der Waals surface area contributed by atoms with E-state index in [1.165, 1.54) is 17.8 Å². The van der Waals surface area contributed by atoms with Crippen LogP contribution >= 0.6 is 23.1 Å². The second-order valence-electron chi connectivity index (χ2n) is 4.24. The van der Waals surface area contributed by atoms with Crippen LogP contribution in [0.25, 0.3) is 0 Å². The zero-order valence-corrected chi connectivity index (χ0v) is 13.2. The normalized spacial score (nSPS) is 10.7. The van der Waals surface area contributed by atoms with E-state index in [1.807, 2.05) is 13.2 Å². The van der Waals surface area contributed by atoms with Crippen molar-refractivity contribution in [2.75, 3.05) is 30.5 Å². The van der Waals surface area contributed by atoms with E-state index in [0.717, 1.165) is 27.7 Å². The molecule has 0 aliphatic carbocycles. The van der Waals surface area contributed by atoms with Crippen LogP contribution in [0.1, 0.15) is 42.8 Å². The average Bonchev–Trinajstić information content (AvgIpc) is 2.72. The van der Waals surface area contributed by atoms with Crippen LogP contribution in [0.4, 0.5) is 10.7 Å². The first kappa shape index (κ1) is 15.4. The van der Waals surface area contributed by atoms with E-state index in [1.54, 1.807) is 11.8 Å². The van der Waals surface area contributed by atoms with E-state index < -0.39 is 0 Å². The van der Waals surface area contributed by atoms with E-state index >= 15 is 0 Å². The number of unbranched alkanes of at least 4 members (excludes halogenated alkanes) is 1. The Bertz CT molecular complexity index is 415. The molecular formula is C13H22N2OS2. The Morgan fingerprint density at radius 2 is 2.11 bits per heavy atom. The maximum atomic E-state index is 11.9. The predicted octanol–water partition coefficient (Wildman–Crippen LogP) is 3.88. The first-order chi connectivity index (χ1) is 8.56. The molecule has 0 unspecified atom stereocenters. The molecule has 18 heavy (non-hydrogen) atoms. The molecule has 2 N–H and O–H groups in total. The van der Waals surface area contributed by atoms with Gasteiger partial charge in [0.15, 0.2) is 5.78 Å². The zero-order chi connectivity index (χ0) is 13.7. The zero-order valence-electron chi connectivity index (χ0n) is 11.6. The topological polar surface area (TPSA) is 46.3 Å². The van der Waals surface area contributed by atoms with Gasteiger partial charge in [-0.15, -0.1) is 23.1 Å². The fraction of sp³-hybridized carbons (Fsp3) is 0.615. The highest BCUT2D eigenvalue weighted by atomic mass is 32.2. The number of carbonyl (C=O) groups is 1. The number of hydrogen-bond donors (Lipinski definition) is 1. The van der Waals surface area contributed by atoms with Crippen molar-refractivity contribution in [2.24, 2.45) is 0 Å². The number of nitrogens with two attached hydrogens (primary N) is 1. The summed E-state index contributed by atoms with van der Waals surface area (Å²) < 4.78 is 0. The molecule has 1 rings (SSSR count). The van der Waals surface area contributed by atoms with Gasteiger partial charge in [-0.05, 0) is 12.7 Å². The number of rotatable bonds is 7. The van der Waals surface area contributed by atoms with Crippen molar-refractivity contribution in [1.29, 1.82) is 0 Å². The number of carbonyl (C=O) groups excluding carboxylic acids is 1. The van der Waals surface area contributed by atoms with E-state index in [2.05, 4.69) is 18.9 Å². The molecule has 102 valence electrons. The highest BCUT2D eigenvalue weighted by Crippen LogP contribution is 2.43. The van der Waals surface area contributed by atoms with Gasteiger partial charge in [0.1, 0.15) is 5.00 Å². The Kier molecular flexibility index (Phi) is 6.02. The van der Waals surface area contributed by atoms with E-state index in [0.29, 0.717) is 12.1 Å². The second-order valence-corrected chi connectivity index (χ2v) is 6.05. The molecule has 0 amide bonds. The lowest BCUT2D eigenvalue weighted by atomic mass is 10.2. The Hall–Kier alpha value is -0.680. The van der Waals surface area contributed by atoms with Crippen LogP contribution in [0.2, 0.25) is 0 Å². The molecule has 0 radical (unpaired) electrons. The molecule has 0 fully saturated rings. The first-order valence-corrected chi connectivity index (χ1v) is 8.31. The minimum absolute atomic E-state index is 0.142. The van der Waals surface area contributed by atoms with Gasteiger partial charge < -0.3 is 10.6 Å². The molecule has 1 aromatic rings. The standard InChI is InChI=1S/C13H22N2OS2/c1-5-7-8-15(3)13-12(17-4)10(14)11(18-13)9(16)6-2/h5-8,14H2,1-4H3. The van der Waals surface area contributed by atoms with Gasteiger partial charge >= 0.3 is 0 Å². The van der Waals surface area contributed by atoms with Crippen molar-refractivity contribution in [3.05, 3.63) is 4.88 Å². The Balaban J connectivity index is 3.07. The van der Waals surface area contributed by atoms with Gasteiger partial charge in [0.05, 0.1) is 15.5 Å². The van der Waals surface area contributed by atoms with Crippen molar-refractivity contribution < 1.29 is 4.79 Å². The summed E-state index contributed by atoms with van der Waals surface area (Å²) in [5.41, 5.74) is 6.76. The average molecular weight is 286 g/mol. The third-order valence-electron chi connectivity index (χ3n) is 2.85. The molecule has 1 aromatic heterocycles. The largest absolute Gasteiger partial charge is 0.396 e. The van der Waals surface area contributed by atoms with Gasteiger partial charge in [-0.2, -0.15) is 0 Å². The van der Waals surface area contributed by atoms with Crippen molar-refractivity contribution in [3.8, 4) is 0 Å². The van der Waals surface area contributed by atoms with E-state index in [-0.39, 0.29) is 5.78 Å². The lowest BCUT2D eigenvalue weighted by Crippen LogP contribution is -2.17. The molecule has 0 aromatic carbocycles. The quantitative estimate of drug-likeness (QED) is 0.610. The van der Waals surface area contributed by atoms with Gasteiger partial charge in [0, 0.05) is 20.0 Å². The summed E-state index contributed by atoms with van der Waals surface area (Å²) in [7, 11) is 2.07. The second kappa shape index (κ2) is 7.04. The van der Waals surface area contributed by atoms with Crippen molar-refractivity contribution in [3.63, 3.8) is 0 Å². The van der Waals surface area contributed by atoms with Crippen LogP contribution in [0.15, 0.2) is 4.90 Å². The summed E-state index contributed by atoms with van der Waals surface area (Å²) in [6, 6.07) is 0. The molecule has 5 heteroatoms. The number of thiophene rings is 1. The predicted molar refractivity (Wildman–Crippen MR) is 83.3 cm³/mol. The smallest absolute Gasteiger partial charge is 0.174 e. The highest BCUT2D eigenvalue weighted by Gasteiger charge is 2.21. The van der Waals surface area contributed by atoms with E-state index in [9.17, 15) is 4.79 Å². The van der Waals surface area contributed by atoms with Crippen LogP contribution in [-0.4, -0.2) is 25.6 Å². The summed E-state index contributed by atoms with van der Waals surface area (Å²) in [5, 5.41) is 1.13. The van der Waals surface area contributed by atoms with Crippen molar-refractivity contribution in [1.82, 2.24) is 0 Å². The number of thioether (sulfide) groups is 1. The van der Waals surface area contributed by atoms with Gasteiger partial charge in [0.2, 0.25) is 0 Å². The van der Waals surface area contributed by atoms with Crippen LogP contribution in [0.3, 0.4) is 0 Å². The molecule has 0 atom stereocenters. The summed E-state index contributed by atoms with van der Waals surface area (Å²) in [4.78, 5) is 15.8. The number of hydrogen-bond acceptors (Lipinski definition) is 5. The SMILES string of the molecule is CCCCN(C)c1sc(C(=O)CC)c(N)c1SC. The highest BCUT2D eigenvalue weighted by molar-refractivity contribution is 7.99. The lowest BCUT2D eigenvalue weighted by molar-refractivity contribution is 0.0992. The molecule has 0 saturated carbocycles. The number of nitrogen functional groups attached to an aromatic ring is 1. The van der Waals surface area contributed by atoms with Crippen molar-refractivity contribution >= 4 is 39.6 Å². The third kappa shape index (κ3) is 3.20. The van der Waals surface area contributed by atoms with Crippen LogP contribution < -0.4 is 10.6 Å². The van der Waals surface area contributed by atoms with Crippen LogP contribution in [-0.2, 0) is 0 Å². The lowest BCUT2D eigenvalue weighted by Gasteiger charge is -2.18. The molecule has 3 nitrogen and oxygen atoms in total. The Morgan fingerprint density at radius 1 is 1.44 bits per heavy atom. The Labute approximate surface area is 118 Å². The minimum Gasteiger partial charge on any atom is -0.396 e. The molecule has 0 saturated heterocycles. The molecular weight excluding hydrogens is 264 g/mol. The maximum Gasteiger partial charge on any atom is 0.174 e. The molecule has 0 aliphatic heterocycles. The van der Waals surface area contributed by atoms with Crippen molar-refractivity contribution in [2.45, 2.75) is 38.0 Å². The minimum atomic E-state index is 0.142. The van der Waals surface area contributed by atoms with Crippen LogP contribution in [0, 0.1) is 0 Å². The van der Waals surface area contributed by atoms with E-state index in [4.69, 9.17) is 5.73 Å². The number of ketones is 1. The summed E-state index contributed by atoms with van der Waals surface area (Å²) >= 11 is 3.16. The number of nitrogens with zero attached hydrogens (tertiary/aromatic N) is 1. The van der Waals surface area contributed by atoms with Gasteiger partial charge in [-0.25, -0.2) is 0 Å². The first-order valence-electron chi connectivity index (χ1n) is 6.27. The fourth-order valence-corrected chi connectivity index (χ4v) is 3.93. The number of Topliss-reactive ketones (excluding diaryl/α,β-unsaturated/α-hetero) is 1. The maximum absolute atomic E-state index is 11.9. The molecule has 0 aliphatic rings. The van der Waals surface area contributed by atoms with Crippen LogP contribution in [0.5, 0.6) is 0 Å². The molecule has 1 heterocycles. The monoisotopic (exact) mass is 286 g/mol. The van der Waals surface area contributed by atoms with Gasteiger partial charge in [-0.1, -0.05) is 20.3 Å².